The normalized spacial score (nSPS) is 11.8. The summed E-state index contributed by atoms with van der Waals surface area (Å²) in [4.78, 5) is 8.36. The molecule has 0 spiro atoms. The van der Waals surface area contributed by atoms with E-state index in [2.05, 4.69) is 14.7 Å². The zero-order chi connectivity index (χ0) is 13.5. The number of pyridine rings is 1. The first-order valence-corrected chi connectivity index (χ1v) is 7.86. The Bertz CT molecular complexity index is 826. The largest absolute Gasteiger partial charge is 0.281 e. The predicted octanol–water partition coefficient (Wildman–Crippen LogP) is 2.25. The first kappa shape index (κ1) is 12.4. The molecule has 0 aliphatic rings. The van der Waals surface area contributed by atoms with E-state index in [4.69, 9.17) is 11.6 Å². The molecular formula is C10H7ClN4O2S2. The molecule has 3 aromatic rings. The van der Waals surface area contributed by atoms with E-state index in [9.17, 15) is 8.42 Å². The number of imidazole rings is 1. The molecule has 3 heterocycles. The second-order valence-electron chi connectivity index (χ2n) is 3.61. The minimum atomic E-state index is -3.81. The van der Waals surface area contributed by atoms with Crippen LogP contribution in [0.2, 0.25) is 5.15 Å². The van der Waals surface area contributed by atoms with Gasteiger partial charge in [-0.15, -0.1) is 11.3 Å². The maximum atomic E-state index is 12.3. The Hall–Kier alpha value is -1.64. The number of halogens is 1. The van der Waals surface area contributed by atoms with Gasteiger partial charge in [0.05, 0.1) is 11.9 Å². The number of nitrogens with one attached hydrogen (secondary N) is 1. The van der Waals surface area contributed by atoms with Crippen LogP contribution in [0.25, 0.3) is 4.96 Å². The van der Waals surface area contributed by atoms with Crippen molar-refractivity contribution in [3.05, 3.63) is 41.3 Å². The Morgan fingerprint density at radius 3 is 3.00 bits per heavy atom. The average Bonchev–Trinajstić information content (AvgIpc) is 2.88. The van der Waals surface area contributed by atoms with Crippen LogP contribution in [-0.2, 0) is 10.0 Å². The Kier molecular flexibility index (Phi) is 2.92. The van der Waals surface area contributed by atoms with Crippen molar-refractivity contribution >= 4 is 43.6 Å². The molecule has 9 heteroatoms. The Morgan fingerprint density at radius 1 is 1.42 bits per heavy atom. The summed E-state index contributed by atoms with van der Waals surface area (Å²) in [5.41, 5.74) is 0.365. The van der Waals surface area contributed by atoms with Gasteiger partial charge in [-0.1, -0.05) is 11.6 Å². The summed E-state index contributed by atoms with van der Waals surface area (Å²) in [6.07, 6.45) is 4.58. The number of hydrogen-bond acceptors (Lipinski definition) is 5. The minimum absolute atomic E-state index is 0.0526. The van der Waals surface area contributed by atoms with E-state index in [0.29, 0.717) is 10.6 Å². The maximum Gasteiger partial charge on any atom is 0.281 e. The summed E-state index contributed by atoms with van der Waals surface area (Å²) < 4.78 is 28.5. The van der Waals surface area contributed by atoms with E-state index < -0.39 is 10.0 Å². The van der Waals surface area contributed by atoms with Gasteiger partial charge in [-0.2, -0.15) is 8.42 Å². The highest BCUT2D eigenvalue weighted by atomic mass is 35.5. The molecule has 0 aliphatic carbocycles. The van der Waals surface area contributed by atoms with E-state index in [-0.39, 0.29) is 10.2 Å². The van der Waals surface area contributed by atoms with E-state index in [0.717, 1.165) is 0 Å². The molecule has 3 rings (SSSR count). The Morgan fingerprint density at radius 2 is 2.26 bits per heavy atom. The molecule has 0 bridgehead atoms. The van der Waals surface area contributed by atoms with E-state index in [1.807, 2.05) is 0 Å². The van der Waals surface area contributed by atoms with Gasteiger partial charge in [0.15, 0.2) is 15.1 Å². The summed E-state index contributed by atoms with van der Waals surface area (Å²) in [7, 11) is -3.81. The van der Waals surface area contributed by atoms with Crippen molar-refractivity contribution in [2.45, 2.75) is 5.03 Å². The summed E-state index contributed by atoms with van der Waals surface area (Å²) in [5, 5.41) is 1.61. The third-order valence-electron chi connectivity index (χ3n) is 2.35. The second-order valence-corrected chi connectivity index (χ2v) is 6.44. The standard InChI is InChI=1S/C10H7ClN4O2S2/c11-8-9(15-4-5-18-10(15)13-8)19(16,17)14-7-2-1-3-12-6-7/h1-6,14H. The van der Waals surface area contributed by atoms with Crippen LogP contribution >= 0.6 is 22.9 Å². The van der Waals surface area contributed by atoms with Crippen LogP contribution in [0.5, 0.6) is 0 Å². The number of nitrogens with zero attached hydrogens (tertiary/aromatic N) is 3. The van der Waals surface area contributed by atoms with Crippen molar-refractivity contribution in [2.75, 3.05) is 4.72 Å². The zero-order valence-corrected chi connectivity index (χ0v) is 11.7. The molecule has 0 radical (unpaired) electrons. The number of anilines is 1. The van der Waals surface area contributed by atoms with Crippen LogP contribution in [-0.4, -0.2) is 22.8 Å². The molecule has 0 unspecified atom stereocenters. The molecule has 0 atom stereocenters. The highest BCUT2D eigenvalue weighted by Crippen LogP contribution is 2.26. The molecular weight excluding hydrogens is 308 g/mol. The van der Waals surface area contributed by atoms with Gasteiger partial charge in [-0.25, -0.2) is 4.98 Å². The summed E-state index contributed by atoms with van der Waals surface area (Å²) in [6.45, 7) is 0. The van der Waals surface area contributed by atoms with Crippen molar-refractivity contribution < 1.29 is 8.42 Å². The van der Waals surface area contributed by atoms with Gasteiger partial charge in [0.2, 0.25) is 0 Å². The molecule has 3 aromatic heterocycles. The Labute approximate surface area is 117 Å². The van der Waals surface area contributed by atoms with Gasteiger partial charge in [-0.3, -0.25) is 14.1 Å². The molecule has 6 nitrogen and oxygen atoms in total. The zero-order valence-electron chi connectivity index (χ0n) is 9.32. The lowest BCUT2D eigenvalue weighted by molar-refractivity contribution is 0.596. The van der Waals surface area contributed by atoms with Crippen LogP contribution in [0.1, 0.15) is 0 Å². The van der Waals surface area contributed by atoms with Crippen molar-refractivity contribution in [3.8, 4) is 0 Å². The van der Waals surface area contributed by atoms with E-state index >= 15 is 0 Å². The first-order chi connectivity index (χ1) is 9.08. The summed E-state index contributed by atoms with van der Waals surface area (Å²) >= 11 is 7.21. The third kappa shape index (κ3) is 2.18. The van der Waals surface area contributed by atoms with Gasteiger partial charge in [0, 0.05) is 17.8 Å². The SMILES string of the molecule is O=S(=O)(Nc1cccnc1)c1c(Cl)nc2sccn12. The van der Waals surface area contributed by atoms with Crippen LogP contribution in [0.3, 0.4) is 0 Å². The monoisotopic (exact) mass is 314 g/mol. The van der Waals surface area contributed by atoms with Crippen LogP contribution in [0, 0.1) is 0 Å². The molecule has 19 heavy (non-hydrogen) atoms. The van der Waals surface area contributed by atoms with Gasteiger partial charge >= 0.3 is 0 Å². The molecule has 1 N–H and O–H groups in total. The summed E-state index contributed by atoms with van der Waals surface area (Å²) in [5.74, 6) is 0. The van der Waals surface area contributed by atoms with Crippen LogP contribution < -0.4 is 4.72 Å². The summed E-state index contributed by atoms with van der Waals surface area (Å²) in [6, 6.07) is 3.24. The quantitative estimate of drug-likeness (QED) is 0.804. The van der Waals surface area contributed by atoms with Crippen LogP contribution in [0.4, 0.5) is 5.69 Å². The third-order valence-corrected chi connectivity index (χ3v) is 4.88. The van der Waals surface area contributed by atoms with Gasteiger partial charge < -0.3 is 0 Å². The number of thiazole rings is 1. The van der Waals surface area contributed by atoms with Gasteiger partial charge in [-0.05, 0) is 12.1 Å². The number of sulfonamides is 1. The van der Waals surface area contributed by atoms with Crippen molar-refractivity contribution in [1.29, 1.82) is 0 Å². The highest BCUT2D eigenvalue weighted by Gasteiger charge is 2.25. The smallest absolute Gasteiger partial charge is 0.278 e. The maximum absolute atomic E-state index is 12.3. The molecule has 0 saturated carbocycles. The lowest BCUT2D eigenvalue weighted by Crippen LogP contribution is -2.15. The number of hydrogen-bond donors (Lipinski definition) is 1. The topological polar surface area (TPSA) is 76.4 Å². The highest BCUT2D eigenvalue weighted by molar-refractivity contribution is 7.92. The van der Waals surface area contributed by atoms with Crippen molar-refractivity contribution in [1.82, 2.24) is 14.4 Å². The molecule has 0 fully saturated rings. The van der Waals surface area contributed by atoms with Gasteiger partial charge in [0.25, 0.3) is 10.0 Å². The van der Waals surface area contributed by atoms with Crippen molar-refractivity contribution in [3.63, 3.8) is 0 Å². The van der Waals surface area contributed by atoms with E-state index in [1.54, 1.807) is 29.9 Å². The lowest BCUT2D eigenvalue weighted by Gasteiger charge is -2.06. The Balaban J connectivity index is 2.10. The molecule has 0 saturated heterocycles. The molecule has 0 amide bonds. The molecule has 0 aliphatic heterocycles. The van der Waals surface area contributed by atoms with E-state index in [1.165, 1.54) is 21.9 Å². The fourth-order valence-corrected chi connectivity index (χ4v) is 4.10. The number of fused-ring (bicyclic) bond motifs is 1. The number of aromatic nitrogens is 3. The molecule has 98 valence electrons. The first-order valence-electron chi connectivity index (χ1n) is 5.12. The second kappa shape index (κ2) is 4.48. The fraction of sp³-hybridized carbons (Fsp3) is 0. The van der Waals surface area contributed by atoms with Crippen LogP contribution in [0.15, 0.2) is 41.1 Å². The van der Waals surface area contributed by atoms with Crippen molar-refractivity contribution in [2.24, 2.45) is 0 Å². The lowest BCUT2D eigenvalue weighted by atomic mass is 10.4. The predicted molar refractivity (Wildman–Crippen MR) is 73.1 cm³/mol. The fourth-order valence-electron chi connectivity index (χ4n) is 1.61. The average molecular weight is 315 g/mol. The van der Waals surface area contributed by atoms with Gasteiger partial charge in [0.1, 0.15) is 0 Å². The molecule has 0 aromatic carbocycles. The minimum Gasteiger partial charge on any atom is -0.278 e. The number of rotatable bonds is 3.